The molecule has 2 rings (SSSR count). The molecule has 0 aliphatic rings. The number of aryl methyl sites for hydroxylation is 1. The molecular formula is C14H19BN2O. The zero-order chi connectivity index (χ0) is 13.0. The van der Waals surface area contributed by atoms with Gasteiger partial charge in [0.15, 0.2) is 0 Å². The number of benzene rings is 1. The van der Waals surface area contributed by atoms with Crippen LogP contribution >= 0.6 is 0 Å². The fourth-order valence-electron chi connectivity index (χ4n) is 1.83. The minimum atomic E-state index is 0.0912. The fourth-order valence-corrected chi connectivity index (χ4v) is 1.83. The number of hydrogen-bond donors (Lipinski definition) is 1. The summed E-state index contributed by atoms with van der Waals surface area (Å²) >= 11 is 0. The summed E-state index contributed by atoms with van der Waals surface area (Å²) in [5, 5.41) is 13.4. The zero-order valence-corrected chi connectivity index (χ0v) is 11.0. The van der Waals surface area contributed by atoms with Crippen LogP contribution in [0.4, 0.5) is 0 Å². The molecule has 0 aliphatic heterocycles. The van der Waals surface area contributed by atoms with Crippen molar-refractivity contribution in [3.05, 3.63) is 36.7 Å². The third-order valence-corrected chi connectivity index (χ3v) is 3.04. The molecular weight excluding hydrogens is 223 g/mol. The van der Waals surface area contributed by atoms with E-state index in [9.17, 15) is 0 Å². The summed E-state index contributed by atoms with van der Waals surface area (Å²) in [6.45, 7) is 5.41. The summed E-state index contributed by atoms with van der Waals surface area (Å²) in [6, 6.07) is 7.94. The van der Waals surface area contributed by atoms with Gasteiger partial charge in [-0.15, -0.1) is 0 Å². The van der Waals surface area contributed by atoms with E-state index in [0.29, 0.717) is 5.92 Å². The Morgan fingerprint density at radius 1 is 1.22 bits per heavy atom. The number of aromatic nitrogens is 2. The van der Waals surface area contributed by atoms with E-state index in [4.69, 9.17) is 5.02 Å². The average Bonchev–Trinajstić information content (AvgIpc) is 2.85. The Bertz CT molecular complexity index is 491. The predicted molar refractivity (Wildman–Crippen MR) is 76.1 cm³/mol. The molecule has 1 N–H and O–H groups in total. The molecule has 3 nitrogen and oxygen atoms in total. The van der Waals surface area contributed by atoms with Gasteiger partial charge >= 0.3 is 7.48 Å². The summed E-state index contributed by atoms with van der Waals surface area (Å²) in [4.78, 5) is 0. The minimum absolute atomic E-state index is 0.0912. The summed E-state index contributed by atoms with van der Waals surface area (Å²) < 4.78 is 2.00. The maximum Gasteiger partial charge on any atom is 0.304 e. The van der Waals surface area contributed by atoms with Crippen LogP contribution in [0.2, 0.25) is 0 Å². The molecule has 0 fully saturated rings. The Balaban J connectivity index is 2.08. The summed E-state index contributed by atoms with van der Waals surface area (Å²) in [5.74, 6) is 0.696. The van der Waals surface area contributed by atoms with E-state index in [2.05, 4.69) is 25.1 Å². The van der Waals surface area contributed by atoms with Crippen molar-refractivity contribution >= 4 is 12.9 Å². The Morgan fingerprint density at radius 2 is 1.94 bits per heavy atom. The average molecular weight is 242 g/mol. The Morgan fingerprint density at radius 3 is 2.56 bits per heavy atom. The number of hydrogen-bond acceptors (Lipinski definition) is 2. The highest BCUT2D eigenvalue weighted by Gasteiger charge is 2.03. The molecule has 18 heavy (non-hydrogen) atoms. The molecule has 94 valence electrons. The van der Waals surface area contributed by atoms with Crippen LogP contribution in [-0.2, 0) is 6.54 Å². The first-order valence-electron chi connectivity index (χ1n) is 6.41. The number of rotatable bonds is 5. The first kappa shape index (κ1) is 12.9. The van der Waals surface area contributed by atoms with Crippen LogP contribution in [-0.4, -0.2) is 22.3 Å². The lowest BCUT2D eigenvalue weighted by molar-refractivity contribution is 0.487. The fraction of sp³-hybridized carbons (Fsp3) is 0.357. The summed E-state index contributed by atoms with van der Waals surface area (Å²) in [7, 11) is 0.0912. The second-order valence-electron chi connectivity index (χ2n) is 5.03. The van der Waals surface area contributed by atoms with Crippen molar-refractivity contribution in [2.24, 2.45) is 5.92 Å². The molecule has 0 bridgehead atoms. The van der Waals surface area contributed by atoms with Gasteiger partial charge in [-0.1, -0.05) is 43.6 Å². The van der Waals surface area contributed by atoms with Gasteiger partial charge in [0.05, 0.1) is 6.20 Å². The van der Waals surface area contributed by atoms with Crippen LogP contribution in [0.5, 0.6) is 0 Å². The van der Waals surface area contributed by atoms with E-state index < -0.39 is 0 Å². The van der Waals surface area contributed by atoms with Crippen LogP contribution in [0.1, 0.15) is 20.3 Å². The van der Waals surface area contributed by atoms with Gasteiger partial charge in [0.1, 0.15) is 0 Å². The van der Waals surface area contributed by atoms with Crippen LogP contribution in [0, 0.1) is 5.92 Å². The third-order valence-electron chi connectivity index (χ3n) is 3.04. The van der Waals surface area contributed by atoms with Crippen molar-refractivity contribution in [1.82, 2.24) is 9.78 Å². The third kappa shape index (κ3) is 3.23. The van der Waals surface area contributed by atoms with Gasteiger partial charge in [0, 0.05) is 18.3 Å². The summed E-state index contributed by atoms with van der Waals surface area (Å²) in [5.41, 5.74) is 3.21. The first-order chi connectivity index (χ1) is 8.69. The van der Waals surface area contributed by atoms with Crippen molar-refractivity contribution < 1.29 is 5.02 Å². The quantitative estimate of drug-likeness (QED) is 0.808. The molecule has 4 heteroatoms. The van der Waals surface area contributed by atoms with Crippen molar-refractivity contribution in [3.8, 4) is 11.1 Å². The van der Waals surface area contributed by atoms with Gasteiger partial charge in [-0.25, -0.2) is 0 Å². The van der Waals surface area contributed by atoms with E-state index in [1.807, 2.05) is 35.1 Å². The monoisotopic (exact) mass is 242 g/mol. The highest BCUT2D eigenvalue weighted by atomic mass is 16.2. The largest absolute Gasteiger partial charge is 0.449 e. The van der Waals surface area contributed by atoms with Crippen LogP contribution in [0.25, 0.3) is 11.1 Å². The summed E-state index contributed by atoms with van der Waals surface area (Å²) in [6.07, 6.45) is 5.12. The van der Waals surface area contributed by atoms with E-state index in [1.165, 1.54) is 0 Å². The second-order valence-corrected chi connectivity index (χ2v) is 5.03. The predicted octanol–water partition coefficient (Wildman–Crippen LogP) is 1.57. The SMILES string of the molecule is CC(C)CCn1cc(-c2ccc(BO)cc2)cn1. The molecule has 0 saturated carbocycles. The molecule has 0 atom stereocenters. The van der Waals surface area contributed by atoms with E-state index in [1.54, 1.807) is 0 Å². The Kier molecular flexibility index (Phi) is 4.21. The van der Waals surface area contributed by atoms with E-state index in [-0.39, 0.29) is 7.48 Å². The number of nitrogens with zero attached hydrogens (tertiary/aromatic N) is 2. The highest BCUT2D eigenvalue weighted by Crippen LogP contribution is 2.17. The molecule has 0 amide bonds. The van der Waals surface area contributed by atoms with Crippen LogP contribution < -0.4 is 5.46 Å². The van der Waals surface area contributed by atoms with Gasteiger partial charge < -0.3 is 5.02 Å². The molecule has 1 aromatic carbocycles. The smallest absolute Gasteiger partial charge is 0.304 e. The van der Waals surface area contributed by atoms with Gasteiger partial charge in [-0.05, 0) is 17.9 Å². The molecule has 0 saturated heterocycles. The molecule has 0 spiro atoms. The zero-order valence-electron chi connectivity index (χ0n) is 11.0. The molecule has 0 aliphatic carbocycles. The van der Waals surface area contributed by atoms with E-state index >= 15 is 0 Å². The van der Waals surface area contributed by atoms with Crippen LogP contribution in [0.3, 0.4) is 0 Å². The van der Waals surface area contributed by atoms with Gasteiger partial charge in [0.25, 0.3) is 0 Å². The van der Waals surface area contributed by atoms with Gasteiger partial charge in [-0.3, -0.25) is 4.68 Å². The van der Waals surface area contributed by atoms with Crippen molar-refractivity contribution in [2.75, 3.05) is 0 Å². The van der Waals surface area contributed by atoms with Crippen LogP contribution in [0.15, 0.2) is 36.7 Å². The van der Waals surface area contributed by atoms with E-state index in [0.717, 1.165) is 29.6 Å². The normalized spacial score (nSPS) is 10.9. The Hall–Kier alpha value is -1.55. The topological polar surface area (TPSA) is 38.0 Å². The maximum absolute atomic E-state index is 9.01. The lowest BCUT2D eigenvalue weighted by atomic mass is 9.88. The standard InChI is InChI=1S/C14H19BN2O/c1-11(2)7-8-17-10-13(9-16-17)12-3-5-14(15-18)6-4-12/h3-6,9-11,15,18H,7-8H2,1-2H3. The highest BCUT2D eigenvalue weighted by molar-refractivity contribution is 6.45. The lowest BCUT2D eigenvalue weighted by Gasteiger charge is -2.04. The van der Waals surface area contributed by atoms with Gasteiger partial charge in [0.2, 0.25) is 0 Å². The van der Waals surface area contributed by atoms with Crippen molar-refractivity contribution in [2.45, 2.75) is 26.8 Å². The molecule has 1 heterocycles. The first-order valence-corrected chi connectivity index (χ1v) is 6.41. The molecule has 2 aromatic rings. The lowest BCUT2D eigenvalue weighted by Crippen LogP contribution is -2.11. The van der Waals surface area contributed by atoms with Crippen molar-refractivity contribution in [3.63, 3.8) is 0 Å². The second kappa shape index (κ2) is 5.87. The molecule has 0 radical (unpaired) electrons. The molecule has 0 unspecified atom stereocenters. The maximum atomic E-state index is 9.01. The Labute approximate surface area is 109 Å². The molecule has 1 aromatic heterocycles. The van der Waals surface area contributed by atoms with Crippen molar-refractivity contribution in [1.29, 1.82) is 0 Å². The van der Waals surface area contributed by atoms with Gasteiger partial charge in [-0.2, -0.15) is 5.10 Å². The minimum Gasteiger partial charge on any atom is -0.449 e.